The van der Waals surface area contributed by atoms with Crippen molar-refractivity contribution in [2.24, 2.45) is 5.92 Å². The number of aliphatic hydroxyl groups excluding tert-OH is 1. The number of rotatable bonds is 6. The molecule has 0 aromatic heterocycles. The normalized spacial score (nSPS) is 27.1. The molecule has 1 N–H and O–H groups in total. The molecule has 118 valence electrons. The highest BCUT2D eigenvalue weighted by Crippen LogP contribution is 2.32. The molecule has 20 heavy (non-hydrogen) atoms. The van der Waals surface area contributed by atoms with E-state index in [1.807, 2.05) is 0 Å². The zero-order valence-corrected chi connectivity index (χ0v) is 13.1. The summed E-state index contributed by atoms with van der Waals surface area (Å²) in [5.41, 5.74) is 0. The maximum absolute atomic E-state index is 8.80. The molecular formula is C17H33NO2. The lowest BCUT2D eigenvalue weighted by Gasteiger charge is -2.35. The van der Waals surface area contributed by atoms with Gasteiger partial charge in [0, 0.05) is 12.6 Å². The molecule has 2 rings (SSSR count). The predicted octanol–water partition coefficient (Wildman–Crippen LogP) is 3.21. The number of hydrogen-bond acceptors (Lipinski definition) is 3. The summed E-state index contributed by atoms with van der Waals surface area (Å²) in [6, 6.07) is 0.799. The Balaban J connectivity index is 1.86. The molecule has 0 spiro atoms. The maximum atomic E-state index is 8.80. The average molecular weight is 283 g/mol. The molecule has 0 bridgehead atoms. The van der Waals surface area contributed by atoms with Gasteiger partial charge in [0.15, 0.2) is 0 Å². The summed E-state index contributed by atoms with van der Waals surface area (Å²) in [6.45, 7) is 3.72. The smallest absolute Gasteiger partial charge is 0.0698 e. The van der Waals surface area contributed by atoms with Gasteiger partial charge in [-0.15, -0.1) is 0 Å². The number of likely N-dealkylation sites (tertiary alicyclic amines) is 1. The van der Waals surface area contributed by atoms with Crippen molar-refractivity contribution in [3.63, 3.8) is 0 Å². The van der Waals surface area contributed by atoms with Crippen LogP contribution in [0.15, 0.2) is 0 Å². The Hall–Kier alpha value is -0.120. The first-order chi connectivity index (χ1) is 9.92. The fraction of sp³-hybridized carbons (Fsp3) is 1.00. The molecule has 0 aromatic carbocycles. The van der Waals surface area contributed by atoms with Crippen LogP contribution in [0, 0.1) is 5.92 Å². The van der Waals surface area contributed by atoms with Gasteiger partial charge in [-0.1, -0.05) is 38.5 Å². The van der Waals surface area contributed by atoms with E-state index in [0.29, 0.717) is 6.61 Å². The van der Waals surface area contributed by atoms with Crippen LogP contribution in [0.3, 0.4) is 0 Å². The molecule has 3 nitrogen and oxygen atoms in total. The van der Waals surface area contributed by atoms with Crippen LogP contribution in [0.5, 0.6) is 0 Å². The third kappa shape index (κ3) is 5.34. The van der Waals surface area contributed by atoms with Gasteiger partial charge >= 0.3 is 0 Å². The molecule has 3 heteroatoms. The van der Waals surface area contributed by atoms with E-state index in [1.54, 1.807) is 0 Å². The van der Waals surface area contributed by atoms with E-state index in [0.717, 1.165) is 25.1 Å². The lowest BCUT2D eigenvalue weighted by Crippen LogP contribution is -2.42. The molecular weight excluding hydrogens is 250 g/mol. The lowest BCUT2D eigenvalue weighted by atomic mass is 9.88. The zero-order valence-electron chi connectivity index (χ0n) is 13.1. The fourth-order valence-corrected chi connectivity index (χ4v) is 4.05. The Morgan fingerprint density at radius 1 is 0.850 bits per heavy atom. The first kappa shape index (κ1) is 16.3. The van der Waals surface area contributed by atoms with Crippen molar-refractivity contribution < 1.29 is 9.84 Å². The van der Waals surface area contributed by atoms with E-state index in [-0.39, 0.29) is 6.61 Å². The molecule has 1 unspecified atom stereocenters. The molecule has 1 aliphatic carbocycles. The zero-order chi connectivity index (χ0) is 14.0. The Labute approximate surface area is 124 Å². The molecule has 2 fully saturated rings. The molecule has 1 aliphatic heterocycles. The number of hydrogen-bond donors (Lipinski definition) is 1. The molecule has 0 amide bonds. The summed E-state index contributed by atoms with van der Waals surface area (Å²) < 4.78 is 5.50. The van der Waals surface area contributed by atoms with E-state index in [2.05, 4.69) is 4.90 Å². The highest BCUT2D eigenvalue weighted by atomic mass is 16.5. The minimum atomic E-state index is 0.145. The van der Waals surface area contributed by atoms with Crippen molar-refractivity contribution in [3.05, 3.63) is 0 Å². The van der Waals surface area contributed by atoms with Crippen molar-refractivity contribution in [1.29, 1.82) is 0 Å². The van der Waals surface area contributed by atoms with Gasteiger partial charge in [0.1, 0.15) is 0 Å². The van der Waals surface area contributed by atoms with Crippen molar-refractivity contribution in [3.8, 4) is 0 Å². The van der Waals surface area contributed by atoms with Crippen molar-refractivity contribution in [2.75, 3.05) is 32.9 Å². The van der Waals surface area contributed by atoms with Gasteiger partial charge in [-0.2, -0.15) is 0 Å². The van der Waals surface area contributed by atoms with Gasteiger partial charge in [0.05, 0.1) is 19.8 Å². The standard InChI is InChI=1S/C17H33NO2/c19-13-15-20-14-12-18-11-7-3-6-10-17(18)16-8-4-1-2-5-9-16/h16-17,19H,1-15H2. The topological polar surface area (TPSA) is 32.7 Å². The van der Waals surface area contributed by atoms with Gasteiger partial charge in [-0.25, -0.2) is 0 Å². The Bertz CT molecular complexity index is 239. The van der Waals surface area contributed by atoms with E-state index < -0.39 is 0 Å². The Morgan fingerprint density at radius 3 is 2.30 bits per heavy atom. The number of aliphatic hydroxyl groups is 1. The van der Waals surface area contributed by atoms with Crippen LogP contribution in [-0.4, -0.2) is 49.0 Å². The van der Waals surface area contributed by atoms with Gasteiger partial charge in [-0.05, 0) is 38.1 Å². The summed E-state index contributed by atoms with van der Waals surface area (Å²) in [5.74, 6) is 0.924. The third-order valence-corrected chi connectivity index (χ3v) is 5.12. The van der Waals surface area contributed by atoms with Crippen LogP contribution >= 0.6 is 0 Å². The minimum absolute atomic E-state index is 0.145. The second-order valence-electron chi connectivity index (χ2n) is 6.54. The number of ether oxygens (including phenoxy) is 1. The SMILES string of the molecule is OCCOCCN1CCCCCC1C1CCCCCC1. The quantitative estimate of drug-likeness (QED) is 0.600. The molecule has 1 heterocycles. The van der Waals surface area contributed by atoms with Crippen LogP contribution in [0.25, 0.3) is 0 Å². The minimum Gasteiger partial charge on any atom is -0.394 e. The van der Waals surface area contributed by atoms with Crippen LogP contribution in [0.2, 0.25) is 0 Å². The summed E-state index contributed by atoms with van der Waals surface area (Å²) in [6.07, 6.45) is 14.2. The van der Waals surface area contributed by atoms with Crippen LogP contribution < -0.4 is 0 Å². The van der Waals surface area contributed by atoms with Crippen LogP contribution in [0.4, 0.5) is 0 Å². The van der Waals surface area contributed by atoms with Crippen molar-refractivity contribution in [1.82, 2.24) is 4.90 Å². The highest BCUT2D eigenvalue weighted by Gasteiger charge is 2.28. The van der Waals surface area contributed by atoms with Gasteiger partial charge < -0.3 is 9.84 Å². The van der Waals surface area contributed by atoms with Gasteiger partial charge in [-0.3, -0.25) is 4.90 Å². The summed E-state index contributed by atoms with van der Waals surface area (Å²) >= 11 is 0. The number of nitrogens with zero attached hydrogens (tertiary/aromatic N) is 1. The maximum Gasteiger partial charge on any atom is 0.0698 e. The van der Waals surface area contributed by atoms with E-state index in [9.17, 15) is 0 Å². The molecule has 2 aliphatic rings. The first-order valence-corrected chi connectivity index (χ1v) is 8.84. The van der Waals surface area contributed by atoms with E-state index >= 15 is 0 Å². The Kier molecular flexibility index (Phi) is 7.92. The van der Waals surface area contributed by atoms with Gasteiger partial charge in [0.2, 0.25) is 0 Å². The van der Waals surface area contributed by atoms with Gasteiger partial charge in [0.25, 0.3) is 0 Å². The fourth-order valence-electron chi connectivity index (χ4n) is 4.05. The molecule has 0 radical (unpaired) electrons. The van der Waals surface area contributed by atoms with Crippen LogP contribution in [0.1, 0.15) is 64.2 Å². The largest absolute Gasteiger partial charge is 0.394 e. The molecule has 1 saturated heterocycles. The summed E-state index contributed by atoms with van der Waals surface area (Å²) in [4.78, 5) is 2.71. The lowest BCUT2D eigenvalue weighted by molar-refractivity contribution is 0.0511. The average Bonchev–Trinajstić information content (AvgIpc) is 2.86. The molecule has 1 atom stereocenters. The Morgan fingerprint density at radius 2 is 1.55 bits per heavy atom. The van der Waals surface area contributed by atoms with Crippen LogP contribution in [-0.2, 0) is 4.74 Å². The monoisotopic (exact) mass is 283 g/mol. The third-order valence-electron chi connectivity index (χ3n) is 5.12. The summed E-state index contributed by atoms with van der Waals surface area (Å²) in [7, 11) is 0. The van der Waals surface area contributed by atoms with E-state index in [4.69, 9.17) is 9.84 Å². The van der Waals surface area contributed by atoms with E-state index in [1.165, 1.54) is 70.8 Å². The highest BCUT2D eigenvalue weighted by molar-refractivity contribution is 4.83. The second-order valence-corrected chi connectivity index (χ2v) is 6.54. The summed E-state index contributed by atoms with van der Waals surface area (Å²) in [5, 5.41) is 8.80. The molecule has 1 saturated carbocycles. The first-order valence-electron chi connectivity index (χ1n) is 8.84. The van der Waals surface area contributed by atoms with Crippen molar-refractivity contribution in [2.45, 2.75) is 70.3 Å². The predicted molar refractivity (Wildman–Crippen MR) is 82.9 cm³/mol. The second kappa shape index (κ2) is 9.75. The van der Waals surface area contributed by atoms with Crippen molar-refractivity contribution >= 4 is 0 Å². The molecule has 0 aromatic rings.